The SMILES string of the molecule is COc1nc2cc(Br)cc(CNC(C)=O)c2nc1OC. The molecule has 0 spiro atoms. The number of carbonyl (C=O) groups excluding carboxylic acids is 1. The quantitative estimate of drug-likeness (QED) is 0.922. The van der Waals surface area contributed by atoms with Gasteiger partial charge in [-0.15, -0.1) is 0 Å². The van der Waals surface area contributed by atoms with Crippen LogP contribution in [0.1, 0.15) is 12.5 Å². The molecule has 20 heavy (non-hydrogen) atoms. The molecule has 1 aromatic heterocycles. The van der Waals surface area contributed by atoms with E-state index in [0.29, 0.717) is 29.3 Å². The van der Waals surface area contributed by atoms with E-state index in [-0.39, 0.29) is 5.91 Å². The minimum Gasteiger partial charge on any atom is -0.477 e. The fraction of sp³-hybridized carbons (Fsp3) is 0.308. The van der Waals surface area contributed by atoms with Crippen molar-refractivity contribution >= 4 is 32.9 Å². The van der Waals surface area contributed by atoms with E-state index >= 15 is 0 Å². The van der Waals surface area contributed by atoms with Crippen LogP contribution in [0.2, 0.25) is 0 Å². The zero-order valence-electron chi connectivity index (χ0n) is 11.4. The summed E-state index contributed by atoms with van der Waals surface area (Å²) in [6.45, 7) is 1.84. The number of fused-ring (bicyclic) bond motifs is 1. The Bertz CT molecular complexity index is 661. The van der Waals surface area contributed by atoms with Crippen LogP contribution in [-0.4, -0.2) is 30.1 Å². The molecule has 0 saturated heterocycles. The van der Waals surface area contributed by atoms with Crippen LogP contribution >= 0.6 is 15.9 Å². The zero-order valence-corrected chi connectivity index (χ0v) is 12.9. The van der Waals surface area contributed by atoms with Gasteiger partial charge in [0.15, 0.2) is 0 Å². The molecule has 0 fully saturated rings. The van der Waals surface area contributed by atoms with Crippen LogP contribution in [0.25, 0.3) is 11.0 Å². The Hall–Kier alpha value is -1.89. The molecule has 1 aromatic carbocycles. The van der Waals surface area contributed by atoms with Gasteiger partial charge in [-0.3, -0.25) is 4.79 Å². The molecule has 1 heterocycles. The fourth-order valence-corrected chi connectivity index (χ4v) is 2.27. The second-order valence-corrected chi connectivity index (χ2v) is 5.00. The van der Waals surface area contributed by atoms with Crippen molar-refractivity contribution in [2.45, 2.75) is 13.5 Å². The number of hydrogen-bond donors (Lipinski definition) is 1. The summed E-state index contributed by atoms with van der Waals surface area (Å²) in [5.74, 6) is 0.529. The Morgan fingerprint density at radius 1 is 1.25 bits per heavy atom. The van der Waals surface area contributed by atoms with Crippen molar-refractivity contribution in [3.05, 3.63) is 22.2 Å². The van der Waals surface area contributed by atoms with Gasteiger partial charge in [0, 0.05) is 23.5 Å². The van der Waals surface area contributed by atoms with Crippen LogP contribution in [0.15, 0.2) is 16.6 Å². The van der Waals surface area contributed by atoms with Crippen LogP contribution in [0.5, 0.6) is 11.8 Å². The maximum absolute atomic E-state index is 11.1. The number of rotatable bonds is 4. The summed E-state index contributed by atoms with van der Waals surface area (Å²) < 4.78 is 11.1. The summed E-state index contributed by atoms with van der Waals surface area (Å²) in [6, 6.07) is 3.72. The number of ether oxygens (including phenoxy) is 2. The van der Waals surface area contributed by atoms with E-state index in [2.05, 4.69) is 31.2 Å². The molecule has 1 N–H and O–H groups in total. The van der Waals surface area contributed by atoms with Crippen LogP contribution in [0, 0.1) is 0 Å². The normalized spacial score (nSPS) is 10.4. The molecule has 2 rings (SSSR count). The largest absolute Gasteiger partial charge is 0.477 e. The Kier molecular flexibility index (Phi) is 4.39. The first-order chi connectivity index (χ1) is 9.55. The van der Waals surface area contributed by atoms with Gasteiger partial charge >= 0.3 is 0 Å². The molecule has 7 heteroatoms. The summed E-state index contributed by atoms with van der Waals surface area (Å²) in [7, 11) is 3.01. The topological polar surface area (TPSA) is 73.3 Å². The molecule has 0 unspecified atom stereocenters. The molecule has 0 aliphatic carbocycles. The average Bonchev–Trinajstić information content (AvgIpc) is 2.42. The maximum atomic E-state index is 11.1. The van der Waals surface area contributed by atoms with Gasteiger partial charge in [0.1, 0.15) is 0 Å². The van der Waals surface area contributed by atoms with Gasteiger partial charge in [-0.05, 0) is 12.1 Å². The van der Waals surface area contributed by atoms with Crippen molar-refractivity contribution in [3.8, 4) is 11.8 Å². The molecular formula is C13H14BrN3O3. The molecule has 0 atom stereocenters. The monoisotopic (exact) mass is 339 g/mol. The second kappa shape index (κ2) is 6.04. The van der Waals surface area contributed by atoms with E-state index in [1.54, 1.807) is 0 Å². The number of aromatic nitrogens is 2. The van der Waals surface area contributed by atoms with Crippen molar-refractivity contribution < 1.29 is 14.3 Å². The highest BCUT2D eigenvalue weighted by Gasteiger charge is 2.13. The number of amides is 1. The van der Waals surface area contributed by atoms with E-state index in [9.17, 15) is 4.79 Å². The highest BCUT2D eigenvalue weighted by molar-refractivity contribution is 9.10. The number of nitrogens with one attached hydrogen (secondary N) is 1. The number of hydrogen-bond acceptors (Lipinski definition) is 5. The predicted molar refractivity (Wildman–Crippen MR) is 77.9 cm³/mol. The maximum Gasteiger partial charge on any atom is 0.278 e. The van der Waals surface area contributed by atoms with Gasteiger partial charge in [0.25, 0.3) is 11.8 Å². The van der Waals surface area contributed by atoms with Crippen LogP contribution in [0.4, 0.5) is 0 Å². The lowest BCUT2D eigenvalue weighted by molar-refractivity contribution is -0.119. The van der Waals surface area contributed by atoms with E-state index < -0.39 is 0 Å². The third-order valence-corrected chi connectivity index (χ3v) is 3.12. The van der Waals surface area contributed by atoms with E-state index in [4.69, 9.17) is 9.47 Å². The van der Waals surface area contributed by atoms with Crippen molar-refractivity contribution in [2.75, 3.05) is 14.2 Å². The summed E-state index contributed by atoms with van der Waals surface area (Å²) in [4.78, 5) is 19.8. The van der Waals surface area contributed by atoms with Crippen molar-refractivity contribution in [3.63, 3.8) is 0 Å². The molecule has 6 nitrogen and oxygen atoms in total. The molecule has 0 aliphatic heterocycles. The van der Waals surface area contributed by atoms with Gasteiger partial charge < -0.3 is 14.8 Å². The number of benzene rings is 1. The van der Waals surface area contributed by atoms with Gasteiger partial charge in [-0.2, -0.15) is 0 Å². The summed E-state index contributed by atoms with van der Waals surface area (Å²) in [6.07, 6.45) is 0. The Morgan fingerprint density at radius 3 is 2.50 bits per heavy atom. The first-order valence-corrected chi connectivity index (χ1v) is 6.67. The highest BCUT2D eigenvalue weighted by Crippen LogP contribution is 2.29. The minimum absolute atomic E-state index is 0.105. The summed E-state index contributed by atoms with van der Waals surface area (Å²) >= 11 is 3.42. The van der Waals surface area contributed by atoms with Crippen LogP contribution < -0.4 is 14.8 Å². The standard InChI is InChI=1S/C13H14BrN3O3/c1-7(18)15-6-8-4-9(14)5-10-11(8)17-13(20-3)12(16-10)19-2/h4-5H,6H2,1-3H3,(H,15,18). The Balaban J connectivity index is 2.58. The lowest BCUT2D eigenvalue weighted by Crippen LogP contribution is -2.19. The van der Waals surface area contributed by atoms with Gasteiger partial charge in [-0.1, -0.05) is 15.9 Å². The molecule has 1 amide bonds. The van der Waals surface area contributed by atoms with Crippen molar-refractivity contribution in [2.24, 2.45) is 0 Å². The lowest BCUT2D eigenvalue weighted by atomic mass is 10.1. The predicted octanol–water partition coefficient (Wildman–Crippen LogP) is 2.05. The molecule has 2 aromatic rings. The van der Waals surface area contributed by atoms with E-state index in [0.717, 1.165) is 10.0 Å². The Morgan fingerprint density at radius 2 is 1.90 bits per heavy atom. The van der Waals surface area contributed by atoms with Gasteiger partial charge in [0.05, 0.1) is 25.3 Å². The summed E-state index contributed by atoms with van der Waals surface area (Å²) in [5, 5.41) is 2.75. The number of halogens is 1. The molecular weight excluding hydrogens is 326 g/mol. The smallest absolute Gasteiger partial charge is 0.278 e. The van der Waals surface area contributed by atoms with Crippen LogP contribution in [-0.2, 0) is 11.3 Å². The number of nitrogens with zero attached hydrogens (tertiary/aromatic N) is 2. The number of carbonyl (C=O) groups is 1. The van der Waals surface area contributed by atoms with E-state index in [1.807, 2.05) is 12.1 Å². The zero-order chi connectivity index (χ0) is 14.7. The third-order valence-electron chi connectivity index (χ3n) is 2.67. The molecule has 0 aliphatic rings. The molecule has 106 valence electrons. The van der Waals surface area contributed by atoms with Gasteiger partial charge in [-0.25, -0.2) is 9.97 Å². The summed E-state index contributed by atoms with van der Waals surface area (Å²) in [5.41, 5.74) is 2.18. The van der Waals surface area contributed by atoms with Crippen molar-refractivity contribution in [1.29, 1.82) is 0 Å². The Labute approximate surface area is 124 Å². The molecule has 0 radical (unpaired) electrons. The highest BCUT2D eigenvalue weighted by atomic mass is 79.9. The van der Waals surface area contributed by atoms with Crippen LogP contribution in [0.3, 0.4) is 0 Å². The first-order valence-electron chi connectivity index (χ1n) is 5.87. The van der Waals surface area contributed by atoms with Crippen molar-refractivity contribution in [1.82, 2.24) is 15.3 Å². The average molecular weight is 340 g/mol. The van der Waals surface area contributed by atoms with Gasteiger partial charge in [0.2, 0.25) is 5.91 Å². The second-order valence-electron chi connectivity index (χ2n) is 4.08. The third kappa shape index (κ3) is 2.98. The fourth-order valence-electron chi connectivity index (χ4n) is 1.78. The lowest BCUT2D eigenvalue weighted by Gasteiger charge is -2.11. The minimum atomic E-state index is -0.105. The molecule has 0 saturated carbocycles. The number of methoxy groups -OCH3 is 2. The molecule has 0 bridgehead atoms. The first kappa shape index (κ1) is 14.5. The van der Waals surface area contributed by atoms with E-state index in [1.165, 1.54) is 21.1 Å².